The maximum atomic E-state index is 9.28. The molecule has 0 saturated heterocycles. The molecule has 0 radical (unpaired) electrons. The molecule has 0 amide bonds. The van der Waals surface area contributed by atoms with Gasteiger partial charge in [-0.2, -0.15) is 0 Å². The van der Waals surface area contributed by atoms with Crippen molar-refractivity contribution in [1.29, 1.82) is 0 Å². The molecular weight excluding hydrogens is 186 g/mol. The first-order valence-corrected chi connectivity index (χ1v) is 5.56. The van der Waals surface area contributed by atoms with Crippen molar-refractivity contribution in [2.45, 2.75) is 19.4 Å². The van der Waals surface area contributed by atoms with Gasteiger partial charge in [-0.15, -0.1) is 0 Å². The molecule has 3 rings (SSSR count). The number of aliphatic hydroxyl groups is 1. The van der Waals surface area contributed by atoms with Crippen LogP contribution in [0.2, 0.25) is 0 Å². The zero-order valence-electron chi connectivity index (χ0n) is 8.69. The maximum Gasteiger partial charge on any atom is 0.0512 e. The molecule has 0 bridgehead atoms. The number of rotatable bonds is 1. The number of para-hydroxylation sites is 1. The minimum Gasteiger partial charge on any atom is -0.396 e. The molecule has 2 heterocycles. The van der Waals surface area contributed by atoms with Gasteiger partial charge in [-0.3, -0.25) is 0 Å². The molecule has 0 saturated carbocycles. The van der Waals surface area contributed by atoms with E-state index in [0.717, 1.165) is 19.4 Å². The fraction of sp³-hybridized carbons (Fsp3) is 0.385. The fourth-order valence-electron chi connectivity index (χ4n) is 2.58. The van der Waals surface area contributed by atoms with Crippen LogP contribution in [0.1, 0.15) is 12.0 Å². The van der Waals surface area contributed by atoms with Crippen LogP contribution >= 0.6 is 0 Å². The van der Waals surface area contributed by atoms with Crippen LogP contribution in [-0.2, 0) is 13.0 Å². The van der Waals surface area contributed by atoms with Gasteiger partial charge in [0.25, 0.3) is 0 Å². The van der Waals surface area contributed by atoms with E-state index in [1.807, 2.05) is 0 Å². The van der Waals surface area contributed by atoms with Crippen molar-refractivity contribution in [3.8, 4) is 0 Å². The first-order chi connectivity index (χ1) is 7.38. The van der Waals surface area contributed by atoms with Crippen molar-refractivity contribution >= 4 is 10.9 Å². The Balaban J connectivity index is 2.19. The fourth-order valence-corrected chi connectivity index (χ4v) is 2.58. The molecule has 1 aromatic heterocycles. The molecule has 1 atom stereocenters. The highest BCUT2D eigenvalue weighted by Crippen LogP contribution is 2.27. The molecule has 0 fully saturated rings. The quantitative estimate of drug-likeness (QED) is 0.751. The van der Waals surface area contributed by atoms with Crippen LogP contribution in [0, 0.1) is 5.92 Å². The Hall–Kier alpha value is -1.28. The first-order valence-electron chi connectivity index (χ1n) is 5.56. The Morgan fingerprint density at radius 2 is 2.27 bits per heavy atom. The summed E-state index contributed by atoms with van der Waals surface area (Å²) in [6.07, 6.45) is 4.25. The van der Waals surface area contributed by atoms with Crippen LogP contribution < -0.4 is 0 Å². The highest BCUT2D eigenvalue weighted by Gasteiger charge is 2.17. The van der Waals surface area contributed by atoms with Gasteiger partial charge in [0.1, 0.15) is 0 Å². The van der Waals surface area contributed by atoms with Gasteiger partial charge < -0.3 is 9.67 Å². The third-order valence-corrected chi connectivity index (χ3v) is 3.42. The Morgan fingerprint density at radius 1 is 1.33 bits per heavy atom. The van der Waals surface area contributed by atoms with Crippen molar-refractivity contribution in [3.63, 3.8) is 0 Å². The van der Waals surface area contributed by atoms with E-state index in [1.54, 1.807) is 0 Å². The van der Waals surface area contributed by atoms with Gasteiger partial charge >= 0.3 is 0 Å². The third kappa shape index (κ3) is 1.37. The van der Waals surface area contributed by atoms with E-state index in [2.05, 4.69) is 35.0 Å². The number of benzene rings is 1. The lowest BCUT2D eigenvalue weighted by Crippen LogP contribution is -2.09. The highest BCUT2D eigenvalue weighted by atomic mass is 16.3. The highest BCUT2D eigenvalue weighted by molar-refractivity contribution is 5.83. The van der Waals surface area contributed by atoms with Gasteiger partial charge in [0.15, 0.2) is 0 Å². The van der Waals surface area contributed by atoms with Crippen LogP contribution in [0.25, 0.3) is 10.9 Å². The van der Waals surface area contributed by atoms with Gasteiger partial charge in [-0.25, -0.2) is 0 Å². The molecule has 0 aliphatic carbocycles. The number of aromatic nitrogens is 1. The Morgan fingerprint density at radius 3 is 3.13 bits per heavy atom. The topological polar surface area (TPSA) is 25.2 Å². The molecule has 2 aromatic rings. The smallest absolute Gasteiger partial charge is 0.0512 e. The first kappa shape index (κ1) is 8.98. The van der Waals surface area contributed by atoms with E-state index < -0.39 is 0 Å². The van der Waals surface area contributed by atoms with E-state index in [9.17, 15) is 5.11 Å². The maximum absolute atomic E-state index is 9.28. The summed E-state index contributed by atoms with van der Waals surface area (Å²) in [7, 11) is 0. The molecule has 2 nitrogen and oxygen atoms in total. The zero-order valence-corrected chi connectivity index (χ0v) is 8.69. The molecule has 1 N–H and O–H groups in total. The predicted molar refractivity (Wildman–Crippen MR) is 60.8 cm³/mol. The minimum absolute atomic E-state index is 0.307. The Labute approximate surface area is 89.1 Å². The minimum atomic E-state index is 0.307. The summed E-state index contributed by atoms with van der Waals surface area (Å²) >= 11 is 0. The van der Waals surface area contributed by atoms with E-state index in [4.69, 9.17) is 0 Å². The summed E-state index contributed by atoms with van der Waals surface area (Å²) < 4.78 is 2.32. The van der Waals surface area contributed by atoms with Crippen LogP contribution in [0.3, 0.4) is 0 Å². The normalized spacial score (nSPS) is 20.5. The second-order valence-corrected chi connectivity index (χ2v) is 4.41. The van der Waals surface area contributed by atoms with Crippen LogP contribution in [-0.4, -0.2) is 16.3 Å². The summed E-state index contributed by atoms with van der Waals surface area (Å²) in [6.45, 7) is 1.34. The summed E-state index contributed by atoms with van der Waals surface area (Å²) in [4.78, 5) is 0. The zero-order chi connectivity index (χ0) is 10.3. The summed E-state index contributed by atoms with van der Waals surface area (Å²) in [5.74, 6) is 0.426. The van der Waals surface area contributed by atoms with Gasteiger partial charge in [-0.05, 0) is 35.8 Å². The molecule has 2 heteroatoms. The summed E-state index contributed by atoms with van der Waals surface area (Å²) in [5, 5.41) is 10.6. The lowest BCUT2D eigenvalue weighted by molar-refractivity contribution is 0.216. The standard InChI is InChI=1S/C13H15NO/c15-9-10-4-6-14-7-5-11-2-1-3-12(8-10)13(11)14/h1-3,5,7,10,15H,4,6,8-9H2. The largest absolute Gasteiger partial charge is 0.396 e. The average Bonchev–Trinajstić information content (AvgIpc) is 2.58. The molecule has 78 valence electrons. The van der Waals surface area contributed by atoms with Crippen LogP contribution in [0.5, 0.6) is 0 Å². The van der Waals surface area contributed by atoms with E-state index in [-0.39, 0.29) is 0 Å². The number of aliphatic hydroxyl groups excluding tert-OH is 1. The monoisotopic (exact) mass is 201 g/mol. The van der Waals surface area contributed by atoms with Crippen LogP contribution in [0.4, 0.5) is 0 Å². The summed E-state index contributed by atoms with van der Waals surface area (Å²) in [6, 6.07) is 8.64. The second kappa shape index (κ2) is 3.38. The van der Waals surface area contributed by atoms with Crippen molar-refractivity contribution in [2.24, 2.45) is 5.92 Å². The third-order valence-electron chi connectivity index (χ3n) is 3.42. The van der Waals surface area contributed by atoms with Gasteiger partial charge in [0.2, 0.25) is 0 Å². The van der Waals surface area contributed by atoms with E-state index in [0.29, 0.717) is 12.5 Å². The molecule has 0 spiro atoms. The lowest BCUT2D eigenvalue weighted by Gasteiger charge is -2.09. The van der Waals surface area contributed by atoms with Gasteiger partial charge in [0, 0.05) is 19.3 Å². The van der Waals surface area contributed by atoms with E-state index in [1.165, 1.54) is 16.5 Å². The number of nitrogens with zero attached hydrogens (tertiary/aromatic N) is 1. The number of hydrogen-bond donors (Lipinski definition) is 1. The van der Waals surface area contributed by atoms with Crippen molar-refractivity contribution in [2.75, 3.05) is 6.61 Å². The Kier molecular flexibility index (Phi) is 2.03. The molecular formula is C13H15NO. The molecule has 1 aliphatic rings. The van der Waals surface area contributed by atoms with Gasteiger partial charge in [-0.1, -0.05) is 18.2 Å². The number of hydrogen-bond acceptors (Lipinski definition) is 1. The van der Waals surface area contributed by atoms with E-state index >= 15 is 0 Å². The molecule has 1 aliphatic heterocycles. The number of aryl methyl sites for hydroxylation is 1. The summed E-state index contributed by atoms with van der Waals surface area (Å²) in [5.41, 5.74) is 2.75. The predicted octanol–water partition coefficient (Wildman–Crippen LogP) is 2.20. The van der Waals surface area contributed by atoms with Crippen molar-refractivity contribution in [1.82, 2.24) is 4.57 Å². The average molecular weight is 201 g/mol. The van der Waals surface area contributed by atoms with Crippen molar-refractivity contribution in [3.05, 3.63) is 36.0 Å². The molecule has 1 unspecified atom stereocenters. The van der Waals surface area contributed by atoms with Gasteiger partial charge in [0.05, 0.1) is 5.52 Å². The van der Waals surface area contributed by atoms with Crippen molar-refractivity contribution < 1.29 is 5.11 Å². The molecule has 15 heavy (non-hydrogen) atoms. The Bertz CT molecular complexity index is 486. The second-order valence-electron chi connectivity index (χ2n) is 4.41. The van der Waals surface area contributed by atoms with Crippen LogP contribution in [0.15, 0.2) is 30.5 Å². The SMILES string of the molecule is OCC1CCn2ccc3cccc(c32)C1. The molecule has 1 aromatic carbocycles. The lowest BCUT2D eigenvalue weighted by atomic mass is 9.97.